The van der Waals surface area contributed by atoms with Gasteiger partial charge in [-0.2, -0.15) is 0 Å². The first-order chi connectivity index (χ1) is 19.3. The van der Waals surface area contributed by atoms with Crippen molar-refractivity contribution in [3.63, 3.8) is 0 Å². The monoisotopic (exact) mass is 559 g/mol. The molecular weight excluding hydrogens is 521 g/mol. The van der Waals surface area contributed by atoms with Crippen molar-refractivity contribution in [1.82, 2.24) is 25.1 Å². The van der Waals surface area contributed by atoms with E-state index in [1.165, 1.54) is 12.5 Å². The first-order valence-corrected chi connectivity index (χ1v) is 15.7. The number of nitrogens with one attached hydrogen (secondary N) is 2. The number of fused-ring (bicyclic) bond motifs is 2. The molecule has 0 radical (unpaired) electrons. The number of hydrogen-bond acceptors (Lipinski definition) is 4. The van der Waals surface area contributed by atoms with E-state index in [1.807, 2.05) is 11.0 Å². The Balaban J connectivity index is 1.09. The van der Waals surface area contributed by atoms with Gasteiger partial charge in [-0.1, -0.05) is 36.7 Å². The Kier molecular flexibility index (Phi) is 7.16. The largest absolute Gasteiger partial charge is 0.340 e. The van der Waals surface area contributed by atoms with Crippen LogP contribution in [0.4, 0.5) is 0 Å². The van der Waals surface area contributed by atoms with E-state index in [2.05, 4.69) is 41.4 Å². The number of hydrogen-bond donors (Lipinski definition) is 2. The fourth-order valence-corrected chi connectivity index (χ4v) is 7.33. The molecule has 2 unspecified atom stereocenters. The molecule has 0 bridgehead atoms. The van der Waals surface area contributed by atoms with E-state index in [1.54, 1.807) is 4.90 Å². The molecular formula is C31H38N5O3P. The maximum absolute atomic E-state index is 12.8. The second-order valence-electron chi connectivity index (χ2n) is 11.9. The van der Waals surface area contributed by atoms with Gasteiger partial charge in [0.05, 0.1) is 16.9 Å². The van der Waals surface area contributed by atoms with Crippen molar-refractivity contribution in [1.29, 1.82) is 0 Å². The van der Waals surface area contributed by atoms with E-state index in [9.17, 15) is 14.4 Å². The standard InChI is InChI=1S/C31H38N5O3P/c1-19-11-14-36(27(38)18-40-3)28(19)29-33-24-15-22-16-31(22,17-25(24)34-29)12-10-21-6-8-23(9-7-21)32-30(39)26-5-4-13-35(26)20(2)37/h6,8,15,17,22,26,28H,1,3-5,7,9-14,16,18H2,2H3,(H,32,39)(H,33,34)/t22?,26-,28-,31?/m0/s1. The molecule has 210 valence electrons. The average molecular weight is 560 g/mol. The first-order valence-electron chi connectivity index (χ1n) is 14.4. The van der Waals surface area contributed by atoms with Crippen molar-refractivity contribution in [2.45, 2.75) is 70.4 Å². The molecule has 2 aliphatic heterocycles. The molecule has 3 heterocycles. The highest BCUT2D eigenvalue weighted by atomic mass is 31.1. The topological polar surface area (TPSA) is 98.4 Å². The van der Waals surface area contributed by atoms with Crippen LogP contribution in [-0.4, -0.2) is 69.1 Å². The number of allylic oxidation sites excluding steroid dienone is 4. The summed E-state index contributed by atoms with van der Waals surface area (Å²) >= 11 is 0. The van der Waals surface area contributed by atoms with Gasteiger partial charge in [-0.3, -0.25) is 14.4 Å². The molecule has 3 aliphatic carbocycles. The zero-order valence-corrected chi connectivity index (χ0v) is 24.1. The molecule has 1 aromatic heterocycles. The predicted octanol–water partition coefficient (Wildman–Crippen LogP) is 2.71. The Bertz CT molecular complexity index is 1470. The highest BCUT2D eigenvalue weighted by Gasteiger charge is 2.52. The third-order valence-electron chi connectivity index (χ3n) is 9.34. The van der Waals surface area contributed by atoms with Gasteiger partial charge in [0, 0.05) is 25.7 Å². The average Bonchev–Trinajstić information content (AvgIpc) is 3.30. The van der Waals surface area contributed by atoms with Gasteiger partial charge in [0.15, 0.2) is 0 Å². The molecule has 1 aromatic rings. The number of likely N-dealkylation sites (tertiary alicyclic amines) is 2. The van der Waals surface area contributed by atoms with E-state index < -0.39 is 0 Å². The Morgan fingerprint density at radius 3 is 2.80 bits per heavy atom. The summed E-state index contributed by atoms with van der Waals surface area (Å²) in [6.45, 7) is 7.13. The molecule has 5 aliphatic rings. The number of aromatic amines is 1. The van der Waals surface area contributed by atoms with E-state index in [0.717, 1.165) is 87.4 Å². The lowest BCUT2D eigenvalue weighted by Crippen LogP contribution is -2.44. The highest BCUT2D eigenvalue weighted by Crippen LogP contribution is 2.59. The zero-order chi connectivity index (χ0) is 28.0. The molecule has 4 atom stereocenters. The predicted molar refractivity (Wildman–Crippen MR) is 158 cm³/mol. The van der Waals surface area contributed by atoms with E-state index in [-0.39, 0.29) is 35.2 Å². The molecule has 3 fully saturated rings. The SMILES string of the molecule is C=PCC(=O)N1CCC(=C)[C@H]1c1nc2c([nH]1)=CC1(CCC3=CC=C(NC(=O)[C@@H]4CCCN4C(C)=O)CC3)CC1C=2. The number of rotatable bonds is 8. The summed E-state index contributed by atoms with van der Waals surface area (Å²) in [4.78, 5) is 49.3. The lowest BCUT2D eigenvalue weighted by molar-refractivity contribution is -0.136. The number of carbonyl (C=O) groups excluding carboxylic acids is 3. The molecule has 0 aromatic carbocycles. The van der Waals surface area contributed by atoms with E-state index in [0.29, 0.717) is 25.2 Å². The molecule has 8 nitrogen and oxygen atoms in total. The van der Waals surface area contributed by atoms with Gasteiger partial charge in [0.2, 0.25) is 17.7 Å². The van der Waals surface area contributed by atoms with Crippen molar-refractivity contribution in [2.24, 2.45) is 11.3 Å². The summed E-state index contributed by atoms with van der Waals surface area (Å²) in [5.41, 5.74) is 3.56. The minimum Gasteiger partial charge on any atom is -0.340 e. The quantitative estimate of drug-likeness (QED) is 0.378. The van der Waals surface area contributed by atoms with Crippen molar-refractivity contribution in [3.05, 3.63) is 52.1 Å². The molecule has 9 heteroatoms. The Morgan fingerprint density at radius 1 is 1.20 bits per heavy atom. The van der Waals surface area contributed by atoms with Crippen LogP contribution in [0.2, 0.25) is 0 Å². The third kappa shape index (κ3) is 5.03. The fraction of sp³-hybridized carbons (Fsp3) is 0.516. The molecule has 40 heavy (non-hydrogen) atoms. The normalized spacial score (nSPS) is 28.7. The zero-order valence-electron chi connectivity index (χ0n) is 23.2. The summed E-state index contributed by atoms with van der Waals surface area (Å²) in [7, 11) is 0.830. The van der Waals surface area contributed by atoms with Crippen LogP contribution in [0, 0.1) is 11.3 Å². The fourth-order valence-electron chi connectivity index (χ4n) is 6.96. The van der Waals surface area contributed by atoms with Gasteiger partial charge in [-0.15, -0.1) is 8.20 Å². The second kappa shape index (κ2) is 10.6. The van der Waals surface area contributed by atoms with Gasteiger partial charge in [-0.25, -0.2) is 4.98 Å². The highest BCUT2D eigenvalue weighted by molar-refractivity contribution is 7.37. The summed E-state index contributed by atoms with van der Waals surface area (Å²) in [5.74, 6) is 1.35. The van der Waals surface area contributed by atoms with E-state index >= 15 is 0 Å². The minimum absolute atomic E-state index is 0.0315. The van der Waals surface area contributed by atoms with Crippen LogP contribution in [0.15, 0.2) is 35.6 Å². The third-order valence-corrected chi connectivity index (χ3v) is 9.83. The Labute approximate surface area is 236 Å². The summed E-state index contributed by atoms with van der Waals surface area (Å²) < 4.78 is 0. The maximum atomic E-state index is 12.8. The minimum atomic E-state index is -0.343. The van der Waals surface area contributed by atoms with Crippen molar-refractivity contribution >= 4 is 44.4 Å². The number of H-pyrrole nitrogens is 1. The van der Waals surface area contributed by atoms with Crippen LogP contribution in [0.1, 0.15) is 70.2 Å². The summed E-state index contributed by atoms with van der Waals surface area (Å²) in [6.07, 6.45) is 20.6. The summed E-state index contributed by atoms with van der Waals surface area (Å²) in [5, 5.41) is 5.14. The van der Waals surface area contributed by atoms with Crippen LogP contribution in [0.3, 0.4) is 0 Å². The summed E-state index contributed by atoms with van der Waals surface area (Å²) in [6, 6.07) is -0.522. The lowest BCUT2D eigenvalue weighted by Gasteiger charge is -2.24. The van der Waals surface area contributed by atoms with Crippen molar-refractivity contribution in [2.75, 3.05) is 19.3 Å². The van der Waals surface area contributed by atoms with Gasteiger partial charge in [0.1, 0.15) is 17.9 Å². The smallest absolute Gasteiger partial charge is 0.246 e. The number of imidazole rings is 1. The molecule has 2 N–H and O–H groups in total. The molecule has 3 amide bonds. The van der Waals surface area contributed by atoms with Gasteiger partial charge >= 0.3 is 0 Å². The Morgan fingerprint density at radius 2 is 2.05 bits per heavy atom. The second-order valence-corrected chi connectivity index (χ2v) is 12.7. The van der Waals surface area contributed by atoms with Crippen molar-refractivity contribution in [3.8, 4) is 0 Å². The molecule has 6 rings (SSSR count). The first kappa shape index (κ1) is 26.9. The number of nitrogens with zero attached hydrogens (tertiary/aromatic N) is 3. The maximum Gasteiger partial charge on any atom is 0.246 e. The van der Waals surface area contributed by atoms with Crippen LogP contribution >= 0.6 is 8.20 Å². The van der Waals surface area contributed by atoms with Gasteiger partial charge in [-0.05, 0) is 74.3 Å². The van der Waals surface area contributed by atoms with Crippen LogP contribution in [0.25, 0.3) is 12.2 Å². The van der Waals surface area contributed by atoms with Crippen LogP contribution in [0.5, 0.6) is 0 Å². The Hall–Kier alpha value is -3.25. The number of aromatic nitrogens is 2. The number of amides is 3. The molecule has 0 spiro atoms. The molecule has 1 saturated carbocycles. The van der Waals surface area contributed by atoms with Crippen molar-refractivity contribution < 1.29 is 14.4 Å². The number of carbonyl (C=O) groups is 3. The van der Waals surface area contributed by atoms with Gasteiger partial charge < -0.3 is 20.1 Å². The lowest BCUT2D eigenvalue weighted by atomic mass is 9.89. The molecule has 2 saturated heterocycles. The van der Waals surface area contributed by atoms with Crippen LogP contribution < -0.4 is 16.0 Å². The van der Waals surface area contributed by atoms with Gasteiger partial charge in [0.25, 0.3) is 0 Å². The van der Waals surface area contributed by atoms with E-state index in [4.69, 9.17) is 4.98 Å². The van der Waals surface area contributed by atoms with Crippen LogP contribution in [-0.2, 0) is 14.4 Å².